The second kappa shape index (κ2) is 8.39. The number of halogens is 1. The first-order valence-corrected chi connectivity index (χ1v) is 8.27. The first kappa shape index (κ1) is 17.1. The fourth-order valence-electron chi connectivity index (χ4n) is 2.73. The SMILES string of the molecule is COCCOc1cc(Br)cc(CC2CCN(C(=O)O)CC2)c1. The fourth-order valence-corrected chi connectivity index (χ4v) is 3.25. The number of piperidine rings is 1. The Morgan fingerprint density at radius 1 is 1.32 bits per heavy atom. The van der Waals surface area contributed by atoms with Crippen LogP contribution >= 0.6 is 15.9 Å². The molecule has 1 saturated heterocycles. The van der Waals surface area contributed by atoms with Crippen LogP contribution in [0.4, 0.5) is 4.79 Å². The number of amides is 1. The number of methoxy groups -OCH3 is 1. The van der Waals surface area contributed by atoms with E-state index in [-0.39, 0.29) is 0 Å². The molecule has 22 heavy (non-hydrogen) atoms. The summed E-state index contributed by atoms with van der Waals surface area (Å²) in [6.45, 7) is 2.36. The maximum Gasteiger partial charge on any atom is 0.407 e. The summed E-state index contributed by atoms with van der Waals surface area (Å²) in [7, 11) is 1.65. The quantitative estimate of drug-likeness (QED) is 0.778. The van der Waals surface area contributed by atoms with Gasteiger partial charge in [0.25, 0.3) is 0 Å². The van der Waals surface area contributed by atoms with Crippen LogP contribution in [-0.4, -0.2) is 49.5 Å². The Morgan fingerprint density at radius 2 is 2.05 bits per heavy atom. The average Bonchev–Trinajstić information content (AvgIpc) is 2.47. The maximum absolute atomic E-state index is 10.9. The highest BCUT2D eigenvalue weighted by Gasteiger charge is 2.22. The zero-order chi connectivity index (χ0) is 15.9. The van der Waals surface area contributed by atoms with Gasteiger partial charge in [0.1, 0.15) is 12.4 Å². The Hall–Kier alpha value is -1.27. The van der Waals surface area contributed by atoms with Crippen LogP contribution in [0.15, 0.2) is 22.7 Å². The number of rotatable bonds is 6. The number of nitrogens with zero attached hydrogens (tertiary/aromatic N) is 1. The van der Waals surface area contributed by atoms with Crippen molar-refractivity contribution in [1.29, 1.82) is 0 Å². The lowest BCUT2D eigenvalue weighted by Gasteiger charge is -2.30. The van der Waals surface area contributed by atoms with Crippen molar-refractivity contribution in [3.05, 3.63) is 28.2 Å². The minimum atomic E-state index is -0.810. The highest BCUT2D eigenvalue weighted by atomic mass is 79.9. The van der Waals surface area contributed by atoms with Crippen LogP contribution in [0.25, 0.3) is 0 Å². The number of hydrogen-bond acceptors (Lipinski definition) is 3. The minimum Gasteiger partial charge on any atom is -0.491 e. The van der Waals surface area contributed by atoms with E-state index in [4.69, 9.17) is 14.6 Å². The minimum absolute atomic E-state index is 0.525. The topological polar surface area (TPSA) is 59.0 Å². The summed E-state index contributed by atoms with van der Waals surface area (Å²) >= 11 is 3.52. The van der Waals surface area contributed by atoms with Gasteiger partial charge >= 0.3 is 6.09 Å². The first-order chi connectivity index (χ1) is 10.6. The van der Waals surface area contributed by atoms with Crippen LogP contribution in [0, 0.1) is 5.92 Å². The summed E-state index contributed by atoms with van der Waals surface area (Å²) in [4.78, 5) is 12.4. The molecule has 0 bridgehead atoms. The summed E-state index contributed by atoms with van der Waals surface area (Å²) in [5.41, 5.74) is 1.22. The van der Waals surface area contributed by atoms with Crippen molar-refractivity contribution < 1.29 is 19.4 Å². The third-order valence-corrected chi connectivity index (χ3v) is 4.35. The van der Waals surface area contributed by atoms with E-state index in [2.05, 4.69) is 28.1 Å². The molecule has 1 amide bonds. The Morgan fingerprint density at radius 3 is 2.68 bits per heavy atom. The van der Waals surface area contributed by atoms with Gasteiger partial charge in [0, 0.05) is 24.7 Å². The van der Waals surface area contributed by atoms with Gasteiger partial charge < -0.3 is 19.5 Å². The molecule has 0 aromatic heterocycles. The van der Waals surface area contributed by atoms with Crippen molar-refractivity contribution in [3.8, 4) is 5.75 Å². The summed E-state index contributed by atoms with van der Waals surface area (Å²) in [6.07, 6.45) is 1.97. The van der Waals surface area contributed by atoms with E-state index in [0.29, 0.717) is 32.2 Å². The molecule has 122 valence electrons. The van der Waals surface area contributed by atoms with Crippen molar-refractivity contribution in [2.45, 2.75) is 19.3 Å². The van der Waals surface area contributed by atoms with Gasteiger partial charge in [-0.05, 0) is 48.9 Å². The number of hydrogen-bond donors (Lipinski definition) is 1. The molecule has 5 nitrogen and oxygen atoms in total. The van der Waals surface area contributed by atoms with E-state index < -0.39 is 6.09 Å². The second-order valence-electron chi connectivity index (χ2n) is 5.55. The van der Waals surface area contributed by atoms with Gasteiger partial charge in [0.05, 0.1) is 6.61 Å². The molecule has 0 spiro atoms. The lowest BCUT2D eigenvalue weighted by molar-refractivity contribution is 0.124. The lowest BCUT2D eigenvalue weighted by atomic mass is 9.90. The standard InChI is InChI=1S/C16H22BrNO4/c1-21-6-7-22-15-10-13(9-14(17)11-15)8-12-2-4-18(5-3-12)16(19)20/h9-12H,2-8H2,1H3,(H,19,20). The molecular formula is C16H22BrNO4. The van der Waals surface area contributed by atoms with Gasteiger partial charge in [-0.25, -0.2) is 4.79 Å². The van der Waals surface area contributed by atoms with Crippen LogP contribution in [0.5, 0.6) is 5.75 Å². The molecule has 1 aliphatic heterocycles. The van der Waals surface area contributed by atoms with E-state index in [9.17, 15) is 4.79 Å². The number of carbonyl (C=O) groups is 1. The normalized spacial score (nSPS) is 15.8. The molecule has 6 heteroatoms. The predicted octanol–water partition coefficient (Wildman–Crippen LogP) is 3.41. The summed E-state index contributed by atoms with van der Waals surface area (Å²) < 4.78 is 11.7. The molecular weight excluding hydrogens is 350 g/mol. The summed E-state index contributed by atoms with van der Waals surface area (Å²) in [5, 5.41) is 8.98. The van der Waals surface area contributed by atoms with Crippen LogP contribution < -0.4 is 4.74 Å². The van der Waals surface area contributed by atoms with Gasteiger partial charge in [-0.3, -0.25) is 0 Å². The van der Waals surface area contributed by atoms with Crippen molar-refractivity contribution in [2.24, 2.45) is 5.92 Å². The van der Waals surface area contributed by atoms with Crippen molar-refractivity contribution in [3.63, 3.8) is 0 Å². The third-order valence-electron chi connectivity index (χ3n) is 3.90. The second-order valence-corrected chi connectivity index (χ2v) is 6.47. The largest absolute Gasteiger partial charge is 0.491 e. The molecule has 0 atom stereocenters. The number of likely N-dealkylation sites (tertiary alicyclic amines) is 1. The molecule has 0 unspecified atom stereocenters. The fraction of sp³-hybridized carbons (Fsp3) is 0.562. The molecule has 2 rings (SSSR count). The van der Waals surface area contributed by atoms with E-state index in [1.807, 2.05) is 6.07 Å². The Kier molecular flexibility index (Phi) is 6.51. The first-order valence-electron chi connectivity index (χ1n) is 7.47. The van der Waals surface area contributed by atoms with E-state index in [1.54, 1.807) is 7.11 Å². The molecule has 1 heterocycles. The number of benzene rings is 1. The predicted molar refractivity (Wildman–Crippen MR) is 87.5 cm³/mol. The molecule has 1 aliphatic rings. The Balaban J connectivity index is 1.91. The molecule has 0 saturated carbocycles. The highest BCUT2D eigenvalue weighted by molar-refractivity contribution is 9.10. The van der Waals surface area contributed by atoms with Crippen molar-refractivity contribution in [2.75, 3.05) is 33.4 Å². The molecule has 0 aliphatic carbocycles. The highest BCUT2D eigenvalue weighted by Crippen LogP contribution is 2.27. The molecule has 1 N–H and O–H groups in total. The molecule has 0 radical (unpaired) electrons. The van der Waals surface area contributed by atoms with E-state index in [0.717, 1.165) is 29.5 Å². The Bertz CT molecular complexity index is 501. The number of ether oxygens (including phenoxy) is 2. The molecule has 1 aromatic carbocycles. The zero-order valence-corrected chi connectivity index (χ0v) is 14.3. The van der Waals surface area contributed by atoms with Gasteiger partial charge in [-0.2, -0.15) is 0 Å². The molecule has 1 fully saturated rings. The smallest absolute Gasteiger partial charge is 0.407 e. The number of carboxylic acid groups (broad SMARTS) is 1. The Labute approximate surface area is 139 Å². The average molecular weight is 372 g/mol. The van der Waals surface area contributed by atoms with Gasteiger partial charge in [-0.15, -0.1) is 0 Å². The van der Waals surface area contributed by atoms with Gasteiger partial charge in [0.2, 0.25) is 0 Å². The lowest BCUT2D eigenvalue weighted by Crippen LogP contribution is -2.37. The van der Waals surface area contributed by atoms with Crippen LogP contribution in [-0.2, 0) is 11.2 Å². The van der Waals surface area contributed by atoms with Crippen LogP contribution in [0.2, 0.25) is 0 Å². The summed E-state index contributed by atoms with van der Waals surface area (Å²) in [5.74, 6) is 1.36. The van der Waals surface area contributed by atoms with Crippen LogP contribution in [0.3, 0.4) is 0 Å². The van der Waals surface area contributed by atoms with Crippen molar-refractivity contribution in [1.82, 2.24) is 4.90 Å². The maximum atomic E-state index is 10.9. The van der Waals surface area contributed by atoms with Crippen molar-refractivity contribution >= 4 is 22.0 Å². The summed E-state index contributed by atoms with van der Waals surface area (Å²) in [6, 6.07) is 6.11. The van der Waals surface area contributed by atoms with Gasteiger partial charge in [0.15, 0.2) is 0 Å². The van der Waals surface area contributed by atoms with Gasteiger partial charge in [-0.1, -0.05) is 15.9 Å². The van der Waals surface area contributed by atoms with E-state index >= 15 is 0 Å². The third kappa shape index (κ3) is 5.18. The zero-order valence-electron chi connectivity index (χ0n) is 12.8. The molecule has 1 aromatic rings. The van der Waals surface area contributed by atoms with E-state index in [1.165, 1.54) is 10.5 Å². The monoisotopic (exact) mass is 371 g/mol. The van der Waals surface area contributed by atoms with Crippen LogP contribution in [0.1, 0.15) is 18.4 Å².